The summed E-state index contributed by atoms with van der Waals surface area (Å²) in [6.45, 7) is 4.88. The number of hydrogen-bond donors (Lipinski definition) is 0. The van der Waals surface area contributed by atoms with E-state index in [1.165, 1.54) is 54.6 Å². The number of hydroxylamine groups is 2. The zero-order valence-electron chi connectivity index (χ0n) is 21.4. The number of rotatable bonds is 9. The van der Waals surface area contributed by atoms with Gasteiger partial charge in [-0.2, -0.15) is 0 Å². The van der Waals surface area contributed by atoms with Crippen molar-refractivity contribution >= 4 is 35.1 Å². The summed E-state index contributed by atoms with van der Waals surface area (Å²) in [5.74, 6) is -4.30. The van der Waals surface area contributed by atoms with Crippen LogP contribution in [0, 0.1) is 0 Å². The van der Waals surface area contributed by atoms with Crippen LogP contribution < -0.4 is 0 Å². The number of Topliss-reactive ketones (excluding diaryl/α,β-unsaturated/α-hetero) is 3. The van der Waals surface area contributed by atoms with Gasteiger partial charge in [-0.3, -0.25) is 24.0 Å². The van der Waals surface area contributed by atoms with Gasteiger partial charge in [-0.1, -0.05) is 80.4 Å². The smallest absolute Gasteiger partial charge is 0.324 e. The molecule has 0 heterocycles. The molecular weight excluding hydrogens is 486 g/mol. The lowest BCUT2D eigenvalue weighted by atomic mass is 9.99. The zero-order chi connectivity index (χ0) is 27.8. The molecule has 0 spiro atoms. The molecule has 0 atom stereocenters. The average Bonchev–Trinajstić information content (AvgIpc) is 2.97. The Morgan fingerprint density at radius 2 is 0.789 bits per heavy atom. The van der Waals surface area contributed by atoms with Gasteiger partial charge in [-0.05, 0) is 18.2 Å². The third kappa shape index (κ3) is 5.81. The van der Waals surface area contributed by atoms with E-state index in [2.05, 4.69) is 0 Å². The molecule has 8 heteroatoms. The first-order valence-electron chi connectivity index (χ1n) is 12.2. The van der Waals surface area contributed by atoms with Crippen molar-refractivity contribution in [2.24, 2.45) is 0 Å². The third-order valence-corrected chi connectivity index (χ3v) is 5.87. The standard InChI is InChI=1S/C30H27NO7/c1-4-25(32)19-13-7-10-16-22(19)28(35)31(29(36)23-17-11-8-14-20(23)26(33)5-2)38-30(37)24-18-12-9-15-21(24)27(34)6-3/h7-18H,4-6H2,1-3H3. The van der Waals surface area contributed by atoms with Gasteiger partial charge in [0, 0.05) is 36.0 Å². The van der Waals surface area contributed by atoms with Crippen molar-refractivity contribution in [2.75, 3.05) is 0 Å². The summed E-state index contributed by atoms with van der Waals surface area (Å²) < 4.78 is 0. The van der Waals surface area contributed by atoms with Crippen LogP contribution in [0.3, 0.4) is 0 Å². The lowest BCUT2D eigenvalue weighted by Gasteiger charge is -2.22. The number of amides is 2. The van der Waals surface area contributed by atoms with Crippen LogP contribution in [0.2, 0.25) is 0 Å². The highest BCUT2D eigenvalue weighted by molar-refractivity contribution is 6.17. The monoisotopic (exact) mass is 513 g/mol. The van der Waals surface area contributed by atoms with E-state index >= 15 is 0 Å². The number of carbonyl (C=O) groups excluding carboxylic acids is 6. The molecule has 0 aliphatic rings. The molecule has 0 aromatic heterocycles. The molecule has 0 saturated carbocycles. The van der Waals surface area contributed by atoms with Crippen LogP contribution in [0.5, 0.6) is 0 Å². The number of carbonyl (C=O) groups is 6. The van der Waals surface area contributed by atoms with Gasteiger partial charge in [0.05, 0.1) is 16.7 Å². The van der Waals surface area contributed by atoms with Gasteiger partial charge in [0.15, 0.2) is 17.3 Å². The van der Waals surface area contributed by atoms with Crippen molar-refractivity contribution < 1.29 is 33.6 Å². The summed E-state index contributed by atoms with van der Waals surface area (Å²) >= 11 is 0. The normalized spacial score (nSPS) is 10.4. The molecule has 8 nitrogen and oxygen atoms in total. The first-order valence-corrected chi connectivity index (χ1v) is 12.2. The highest BCUT2D eigenvalue weighted by Crippen LogP contribution is 2.21. The van der Waals surface area contributed by atoms with Gasteiger partial charge < -0.3 is 4.84 Å². The van der Waals surface area contributed by atoms with Crippen molar-refractivity contribution in [3.05, 3.63) is 106 Å². The van der Waals surface area contributed by atoms with E-state index in [4.69, 9.17) is 4.84 Å². The Morgan fingerprint density at radius 3 is 1.13 bits per heavy atom. The largest absolute Gasteiger partial charge is 0.364 e. The van der Waals surface area contributed by atoms with Crippen LogP contribution in [0.1, 0.15) is 102 Å². The van der Waals surface area contributed by atoms with Crippen molar-refractivity contribution in [3.8, 4) is 0 Å². The molecule has 0 saturated heterocycles. The van der Waals surface area contributed by atoms with Crippen LogP contribution in [-0.2, 0) is 4.84 Å². The maximum atomic E-state index is 13.7. The van der Waals surface area contributed by atoms with E-state index in [9.17, 15) is 28.8 Å². The second kappa shape index (κ2) is 12.5. The molecule has 3 aromatic rings. The van der Waals surface area contributed by atoms with E-state index in [0.29, 0.717) is 0 Å². The number of ketones is 3. The summed E-state index contributed by atoms with van der Waals surface area (Å²) in [7, 11) is 0. The predicted octanol–water partition coefficient (Wildman–Crippen LogP) is 5.52. The SMILES string of the molecule is CCC(=O)c1ccccc1C(=O)ON(C(=O)c1ccccc1C(=O)CC)C(=O)c1ccccc1C(=O)CC. The van der Waals surface area contributed by atoms with Crippen molar-refractivity contribution in [1.82, 2.24) is 5.06 Å². The molecule has 0 unspecified atom stereocenters. The maximum absolute atomic E-state index is 13.7. The Labute approximate surface area is 220 Å². The molecule has 0 fully saturated rings. The summed E-state index contributed by atoms with van der Waals surface area (Å²) in [5, 5.41) is 0.249. The molecule has 2 amide bonds. The van der Waals surface area contributed by atoms with Crippen LogP contribution in [0.25, 0.3) is 0 Å². The molecule has 194 valence electrons. The topological polar surface area (TPSA) is 115 Å². The van der Waals surface area contributed by atoms with Gasteiger partial charge >= 0.3 is 5.97 Å². The molecule has 0 radical (unpaired) electrons. The van der Waals surface area contributed by atoms with Crippen molar-refractivity contribution in [3.63, 3.8) is 0 Å². The summed E-state index contributed by atoms with van der Waals surface area (Å²) in [6, 6.07) is 17.6. The fraction of sp³-hybridized carbons (Fsp3) is 0.200. The molecule has 0 N–H and O–H groups in total. The third-order valence-electron chi connectivity index (χ3n) is 5.87. The lowest BCUT2D eigenvalue weighted by molar-refractivity contribution is -0.0617. The van der Waals surface area contributed by atoms with Gasteiger partial charge in [-0.25, -0.2) is 4.79 Å². The van der Waals surface area contributed by atoms with Crippen LogP contribution in [-0.4, -0.2) is 40.2 Å². The molecule has 0 bridgehead atoms. The molecule has 3 rings (SSSR count). The number of hydrogen-bond acceptors (Lipinski definition) is 7. The Balaban J connectivity index is 2.15. The van der Waals surface area contributed by atoms with E-state index in [1.54, 1.807) is 39.0 Å². The predicted molar refractivity (Wildman–Crippen MR) is 139 cm³/mol. The Kier molecular flexibility index (Phi) is 9.16. The molecule has 0 aliphatic carbocycles. The van der Waals surface area contributed by atoms with Crippen LogP contribution in [0.4, 0.5) is 0 Å². The van der Waals surface area contributed by atoms with Crippen molar-refractivity contribution in [1.29, 1.82) is 0 Å². The molecule has 38 heavy (non-hydrogen) atoms. The number of benzene rings is 3. The average molecular weight is 514 g/mol. The zero-order valence-corrected chi connectivity index (χ0v) is 21.4. The highest BCUT2D eigenvalue weighted by atomic mass is 16.7. The van der Waals surface area contributed by atoms with Crippen molar-refractivity contribution in [2.45, 2.75) is 40.0 Å². The minimum Gasteiger partial charge on any atom is -0.324 e. The van der Waals surface area contributed by atoms with E-state index in [0.717, 1.165) is 0 Å². The molecule has 3 aromatic carbocycles. The fourth-order valence-corrected chi connectivity index (χ4v) is 3.83. The number of nitrogens with zero attached hydrogens (tertiary/aromatic N) is 1. The second-order valence-corrected chi connectivity index (χ2v) is 8.25. The van der Waals surface area contributed by atoms with Crippen LogP contribution in [0.15, 0.2) is 72.8 Å². The number of imide groups is 1. The quantitative estimate of drug-likeness (QED) is 0.210. The maximum Gasteiger partial charge on any atom is 0.364 e. The van der Waals surface area contributed by atoms with E-state index in [-0.39, 0.29) is 75.1 Å². The van der Waals surface area contributed by atoms with Gasteiger partial charge in [0.25, 0.3) is 11.8 Å². The first-order chi connectivity index (χ1) is 18.2. The molecular formula is C30H27NO7. The summed E-state index contributed by atoms with van der Waals surface area (Å²) in [5.41, 5.74) is -0.277. The van der Waals surface area contributed by atoms with Gasteiger partial charge in [0.1, 0.15) is 0 Å². The van der Waals surface area contributed by atoms with E-state index in [1.807, 2.05) is 0 Å². The summed E-state index contributed by atoms with van der Waals surface area (Å²) in [6.07, 6.45) is 0.307. The molecule has 0 aliphatic heterocycles. The Morgan fingerprint density at radius 1 is 0.500 bits per heavy atom. The Hall–Kier alpha value is -4.72. The lowest BCUT2D eigenvalue weighted by Crippen LogP contribution is -2.40. The van der Waals surface area contributed by atoms with Gasteiger partial charge in [0.2, 0.25) is 0 Å². The second-order valence-electron chi connectivity index (χ2n) is 8.25. The minimum atomic E-state index is -1.12. The Bertz CT molecular complexity index is 1350. The first kappa shape index (κ1) is 27.9. The minimum absolute atomic E-state index is 0.0494. The highest BCUT2D eigenvalue weighted by Gasteiger charge is 2.34. The summed E-state index contributed by atoms with van der Waals surface area (Å²) in [4.78, 5) is 83.5. The fourth-order valence-electron chi connectivity index (χ4n) is 3.83. The van der Waals surface area contributed by atoms with E-state index < -0.39 is 17.8 Å². The van der Waals surface area contributed by atoms with Crippen LogP contribution >= 0.6 is 0 Å². The van der Waals surface area contributed by atoms with Gasteiger partial charge in [-0.15, -0.1) is 0 Å².